The Balaban J connectivity index is 2.77. The van der Waals surface area contributed by atoms with E-state index in [0.717, 1.165) is 59.2 Å². The summed E-state index contributed by atoms with van der Waals surface area (Å²) < 4.78 is 0. The average molecular weight is 407 g/mol. The highest BCUT2D eigenvalue weighted by molar-refractivity contribution is 4.99. The molecule has 0 saturated heterocycles. The highest BCUT2D eigenvalue weighted by Crippen LogP contribution is 2.58. The van der Waals surface area contributed by atoms with Crippen LogP contribution in [-0.2, 0) is 0 Å². The Bertz CT molecular complexity index is 408. The van der Waals surface area contributed by atoms with Gasteiger partial charge in [0.05, 0.1) is 0 Å². The van der Waals surface area contributed by atoms with Gasteiger partial charge in [0.25, 0.3) is 0 Å². The molecule has 0 bridgehead atoms. The molecular formula is C29H58. The third-order valence-electron chi connectivity index (χ3n) is 8.78. The molecule has 1 aliphatic rings. The van der Waals surface area contributed by atoms with E-state index in [2.05, 4.69) is 69.2 Å². The van der Waals surface area contributed by atoms with Gasteiger partial charge in [-0.3, -0.25) is 0 Å². The molecule has 1 fully saturated rings. The quantitative estimate of drug-likeness (QED) is 0.239. The topological polar surface area (TPSA) is 0 Å². The van der Waals surface area contributed by atoms with Gasteiger partial charge in [0.1, 0.15) is 0 Å². The number of hydrogen-bond acceptors (Lipinski definition) is 0. The van der Waals surface area contributed by atoms with E-state index in [9.17, 15) is 0 Å². The zero-order chi connectivity index (χ0) is 22.1. The summed E-state index contributed by atoms with van der Waals surface area (Å²) >= 11 is 0. The molecular weight excluding hydrogens is 348 g/mol. The van der Waals surface area contributed by atoms with Gasteiger partial charge in [0.2, 0.25) is 0 Å². The normalized spacial score (nSPS) is 27.1. The van der Waals surface area contributed by atoms with Gasteiger partial charge in [0.15, 0.2) is 0 Å². The zero-order valence-corrected chi connectivity index (χ0v) is 22.1. The summed E-state index contributed by atoms with van der Waals surface area (Å²) in [7, 11) is 0. The first kappa shape index (κ1) is 27.0. The summed E-state index contributed by atoms with van der Waals surface area (Å²) in [5.41, 5.74) is 0. The van der Waals surface area contributed by atoms with Crippen molar-refractivity contribution in [2.24, 2.45) is 59.2 Å². The van der Waals surface area contributed by atoms with E-state index < -0.39 is 0 Å². The molecule has 1 rings (SSSR count). The maximum atomic E-state index is 2.63. The van der Waals surface area contributed by atoms with Crippen molar-refractivity contribution in [3.8, 4) is 0 Å². The van der Waals surface area contributed by atoms with E-state index in [-0.39, 0.29) is 0 Å². The SMILES string of the molecule is CCCC1C(CCCC(C)CC)C1C(C)CC(C(C)C)C(CC(C)C)C(C)CC. The first-order valence-electron chi connectivity index (χ1n) is 13.7. The lowest BCUT2D eigenvalue weighted by atomic mass is 9.68. The summed E-state index contributed by atoms with van der Waals surface area (Å²) in [5.74, 6) is 9.31. The van der Waals surface area contributed by atoms with Crippen LogP contribution >= 0.6 is 0 Å². The highest BCUT2D eigenvalue weighted by atomic mass is 14.6. The molecule has 29 heavy (non-hydrogen) atoms. The van der Waals surface area contributed by atoms with Crippen molar-refractivity contribution in [1.82, 2.24) is 0 Å². The van der Waals surface area contributed by atoms with Crippen molar-refractivity contribution < 1.29 is 0 Å². The standard InChI is InChI=1S/C29H58/c1-11-15-25-26(17-14-16-22(8)12-2)29(25)24(10)19-27(21(6)7)28(18-20(4)5)23(9)13-3/h20-29H,11-19H2,1-10H3. The van der Waals surface area contributed by atoms with Crippen LogP contribution in [0.25, 0.3) is 0 Å². The molecule has 0 aliphatic heterocycles. The molecule has 0 amide bonds. The van der Waals surface area contributed by atoms with Crippen LogP contribution in [0.1, 0.15) is 127 Å². The molecule has 0 aromatic carbocycles. The van der Waals surface area contributed by atoms with Crippen LogP contribution in [-0.4, -0.2) is 0 Å². The third kappa shape index (κ3) is 8.57. The average Bonchev–Trinajstić information content (AvgIpc) is 3.35. The summed E-state index contributed by atoms with van der Waals surface area (Å²) in [6, 6.07) is 0. The lowest BCUT2D eigenvalue weighted by molar-refractivity contribution is 0.123. The van der Waals surface area contributed by atoms with Gasteiger partial charge >= 0.3 is 0 Å². The van der Waals surface area contributed by atoms with Crippen LogP contribution in [0, 0.1) is 59.2 Å². The number of rotatable bonds is 16. The molecule has 0 heterocycles. The smallest absolute Gasteiger partial charge is 0.0326 e. The third-order valence-corrected chi connectivity index (χ3v) is 8.78. The fourth-order valence-corrected chi connectivity index (χ4v) is 6.58. The van der Waals surface area contributed by atoms with E-state index in [1.165, 1.54) is 57.8 Å². The molecule has 0 heteroatoms. The first-order chi connectivity index (χ1) is 13.7. The second-order valence-corrected chi connectivity index (χ2v) is 11.9. The summed E-state index contributed by atoms with van der Waals surface area (Å²) in [6.45, 7) is 24.6. The van der Waals surface area contributed by atoms with Crippen molar-refractivity contribution >= 4 is 0 Å². The van der Waals surface area contributed by atoms with Crippen LogP contribution < -0.4 is 0 Å². The molecule has 1 aliphatic carbocycles. The molecule has 0 aromatic rings. The summed E-state index contributed by atoms with van der Waals surface area (Å²) in [5, 5.41) is 0. The van der Waals surface area contributed by atoms with Crippen LogP contribution in [0.2, 0.25) is 0 Å². The van der Waals surface area contributed by atoms with E-state index in [4.69, 9.17) is 0 Å². The second kappa shape index (κ2) is 13.4. The molecule has 1 saturated carbocycles. The fraction of sp³-hybridized carbons (Fsp3) is 1.00. The van der Waals surface area contributed by atoms with Crippen LogP contribution in [0.3, 0.4) is 0 Å². The van der Waals surface area contributed by atoms with E-state index in [1.54, 1.807) is 0 Å². The van der Waals surface area contributed by atoms with Crippen molar-refractivity contribution in [2.75, 3.05) is 0 Å². The fourth-order valence-electron chi connectivity index (χ4n) is 6.58. The predicted octanol–water partition coefficient (Wildman–Crippen LogP) is 9.87. The summed E-state index contributed by atoms with van der Waals surface area (Å²) in [6.07, 6.45) is 12.9. The second-order valence-electron chi connectivity index (χ2n) is 11.9. The van der Waals surface area contributed by atoms with E-state index in [0.29, 0.717) is 0 Å². The summed E-state index contributed by atoms with van der Waals surface area (Å²) in [4.78, 5) is 0. The Hall–Kier alpha value is 0. The lowest BCUT2D eigenvalue weighted by Crippen LogP contribution is -2.29. The molecule has 0 N–H and O–H groups in total. The van der Waals surface area contributed by atoms with Gasteiger partial charge in [-0.15, -0.1) is 0 Å². The Labute approximate surface area is 186 Å². The van der Waals surface area contributed by atoms with E-state index >= 15 is 0 Å². The molecule has 0 nitrogen and oxygen atoms in total. The Morgan fingerprint density at radius 1 is 0.690 bits per heavy atom. The molecule has 0 aromatic heterocycles. The number of hydrogen-bond donors (Lipinski definition) is 0. The molecule has 0 radical (unpaired) electrons. The lowest BCUT2D eigenvalue weighted by Gasteiger charge is -2.37. The Morgan fingerprint density at radius 2 is 1.31 bits per heavy atom. The largest absolute Gasteiger partial charge is 0.0654 e. The Morgan fingerprint density at radius 3 is 1.79 bits per heavy atom. The molecule has 0 spiro atoms. The van der Waals surface area contributed by atoms with Gasteiger partial charge in [-0.25, -0.2) is 0 Å². The van der Waals surface area contributed by atoms with Gasteiger partial charge < -0.3 is 0 Å². The van der Waals surface area contributed by atoms with E-state index in [1.807, 2.05) is 0 Å². The van der Waals surface area contributed by atoms with Crippen molar-refractivity contribution in [3.63, 3.8) is 0 Å². The zero-order valence-electron chi connectivity index (χ0n) is 22.1. The maximum Gasteiger partial charge on any atom is -0.0326 e. The monoisotopic (exact) mass is 406 g/mol. The van der Waals surface area contributed by atoms with Crippen molar-refractivity contribution in [2.45, 2.75) is 127 Å². The predicted molar refractivity (Wildman–Crippen MR) is 133 cm³/mol. The maximum absolute atomic E-state index is 2.63. The first-order valence-corrected chi connectivity index (χ1v) is 13.7. The van der Waals surface area contributed by atoms with Crippen LogP contribution in [0.4, 0.5) is 0 Å². The van der Waals surface area contributed by atoms with Crippen LogP contribution in [0.15, 0.2) is 0 Å². The minimum absolute atomic E-state index is 0.822. The highest BCUT2D eigenvalue weighted by Gasteiger charge is 2.51. The molecule has 8 atom stereocenters. The molecule has 8 unspecified atom stereocenters. The minimum Gasteiger partial charge on any atom is -0.0654 e. The van der Waals surface area contributed by atoms with Gasteiger partial charge in [-0.1, -0.05) is 108 Å². The van der Waals surface area contributed by atoms with Crippen molar-refractivity contribution in [1.29, 1.82) is 0 Å². The van der Waals surface area contributed by atoms with Gasteiger partial charge in [0, 0.05) is 0 Å². The van der Waals surface area contributed by atoms with Crippen molar-refractivity contribution in [3.05, 3.63) is 0 Å². The minimum atomic E-state index is 0.822. The Kier molecular flexibility index (Phi) is 12.5. The van der Waals surface area contributed by atoms with Gasteiger partial charge in [-0.2, -0.15) is 0 Å². The van der Waals surface area contributed by atoms with Gasteiger partial charge in [-0.05, 0) is 78.4 Å². The van der Waals surface area contributed by atoms with Crippen LogP contribution in [0.5, 0.6) is 0 Å². The molecule has 174 valence electrons.